The lowest BCUT2D eigenvalue weighted by Gasteiger charge is -2.25. The smallest absolute Gasteiger partial charge is 0.286 e. The monoisotopic (exact) mass is 359 g/mol. The fourth-order valence-corrected chi connectivity index (χ4v) is 2.51. The topological polar surface area (TPSA) is 83.8 Å². The molecule has 1 aromatic heterocycles. The van der Waals surface area contributed by atoms with Crippen molar-refractivity contribution >= 4 is 11.8 Å². The lowest BCUT2D eigenvalue weighted by Crippen LogP contribution is -2.36. The van der Waals surface area contributed by atoms with Gasteiger partial charge in [-0.05, 0) is 43.9 Å². The van der Waals surface area contributed by atoms with Crippen LogP contribution in [0.5, 0.6) is 5.75 Å². The Morgan fingerprint density at radius 1 is 1.15 bits per heavy atom. The quantitative estimate of drug-likeness (QED) is 0.714. The Bertz CT molecular complexity index is 696. The number of carbonyl (C=O) groups excluding carboxylic acids is 2. The Morgan fingerprint density at radius 2 is 1.88 bits per heavy atom. The van der Waals surface area contributed by atoms with E-state index in [1.54, 1.807) is 19.2 Å². The normalized spacial score (nSPS) is 11.8. The van der Waals surface area contributed by atoms with Crippen molar-refractivity contribution in [2.45, 2.75) is 12.5 Å². The van der Waals surface area contributed by atoms with Gasteiger partial charge < -0.3 is 24.7 Å². The van der Waals surface area contributed by atoms with Crippen LogP contribution in [0.25, 0.3) is 0 Å². The highest BCUT2D eigenvalue weighted by Gasteiger charge is 2.15. The molecule has 0 aliphatic heterocycles. The Kier molecular flexibility index (Phi) is 7.23. The molecule has 2 amide bonds. The van der Waals surface area contributed by atoms with Crippen LogP contribution in [0.2, 0.25) is 0 Å². The summed E-state index contributed by atoms with van der Waals surface area (Å²) in [7, 11) is 5.55. The highest BCUT2D eigenvalue weighted by atomic mass is 16.5. The van der Waals surface area contributed by atoms with Gasteiger partial charge in [0.25, 0.3) is 5.91 Å². The first-order valence-corrected chi connectivity index (χ1v) is 8.40. The van der Waals surface area contributed by atoms with E-state index in [2.05, 4.69) is 10.6 Å². The molecule has 2 aromatic rings. The minimum atomic E-state index is -0.327. The van der Waals surface area contributed by atoms with Crippen molar-refractivity contribution in [2.75, 3.05) is 34.3 Å². The van der Waals surface area contributed by atoms with Crippen LogP contribution < -0.4 is 15.4 Å². The van der Waals surface area contributed by atoms with Crippen molar-refractivity contribution in [1.82, 2.24) is 15.5 Å². The van der Waals surface area contributed by atoms with Crippen LogP contribution in [0, 0.1) is 0 Å². The number of nitrogens with zero attached hydrogens (tertiary/aromatic N) is 1. The van der Waals surface area contributed by atoms with E-state index in [0.29, 0.717) is 6.54 Å². The van der Waals surface area contributed by atoms with Gasteiger partial charge in [0.2, 0.25) is 5.91 Å². The van der Waals surface area contributed by atoms with Gasteiger partial charge in [-0.25, -0.2) is 0 Å². The number of benzene rings is 1. The van der Waals surface area contributed by atoms with Gasteiger partial charge in [-0.2, -0.15) is 0 Å². The van der Waals surface area contributed by atoms with Gasteiger partial charge in [-0.15, -0.1) is 0 Å². The Balaban J connectivity index is 1.78. The number of ether oxygens (including phenoxy) is 1. The third kappa shape index (κ3) is 5.63. The molecule has 7 heteroatoms. The second-order valence-electron chi connectivity index (χ2n) is 6.04. The van der Waals surface area contributed by atoms with E-state index < -0.39 is 0 Å². The number of nitrogens with one attached hydrogen (secondary N) is 2. The van der Waals surface area contributed by atoms with Crippen molar-refractivity contribution < 1.29 is 18.7 Å². The molecule has 1 unspecified atom stereocenters. The van der Waals surface area contributed by atoms with Gasteiger partial charge in [-0.1, -0.05) is 12.1 Å². The molecule has 1 aromatic carbocycles. The predicted molar refractivity (Wildman–Crippen MR) is 98.1 cm³/mol. The summed E-state index contributed by atoms with van der Waals surface area (Å²) in [5.41, 5.74) is 1.09. The molecule has 0 saturated carbocycles. The summed E-state index contributed by atoms with van der Waals surface area (Å²) in [4.78, 5) is 25.8. The van der Waals surface area contributed by atoms with Gasteiger partial charge in [0.05, 0.1) is 19.4 Å². The predicted octanol–water partition coefficient (Wildman–Crippen LogP) is 1.83. The van der Waals surface area contributed by atoms with E-state index in [-0.39, 0.29) is 36.6 Å². The fourth-order valence-electron chi connectivity index (χ4n) is 2.51. The number of likely N-dealkylation sites (N-methyl/N-ethyl adjacent to an activating group) is 1. The molecule has 26 heavy (non-hydrogen) atoms. The Morgan fingerprint density at radius 3 is 2.46 bits per heavy atom. The third-order valence-corrected chi connectivity index (χ3v) is 4.00. The molecule has 0 aliphatic carbocycles. The van der Waals surface area contributed by atoms with Crippen LogP contribution >= 0.6 is 0 Å². The first-order chi connectivity index (χ1) is 12.5. The first kappa shape index (κ1) is 19.5. The van der Waals surface area contributed by atoms with Crippen molar-refractivity contribution in [3.63, 3.8) is 0 Å². The zero-order valence-electron chi connectivity index (χ0n) is 15.3. The van der Waals surface area contributed by atoms with Crippen LogP contribution in [0.15, 0.2) is 47.1 Å². The van der Waals surface area contributed by atoms with Crippen LogP contribution in [0.4, 0.5) is 0 Å². The molecule has 2 N–H and O–H groups in total. The Hall–Kier alpha value is -2.80. The van der Waals surface area contributed by atoms with E-state index in [1.165, 1.54) is 6.26 Å². The molecule has 140 valence electrons. The second-order valence-corrected chi connectivity index (χ2v) is 6.04. The third-order valence-electron chi connectivity index (χ3n) is 4.00. The average Bonchev–Trinajstić information content (AvgIpc) is 3.17. The average molecular weight is 359 g/mol. The summed E-state index contributed by atoms with van der Waals surface area (Å²) in [6.07, 6.45) is 1.64. The SMILES string of the molecule is COc1ccc(C(CNC(=O)CCNC(=O)c2ccco2)N(C)C)cc1. The highest BCUT2D eigenvalue weighted by Crippen LogP contribution is 2.20. The van der Waals surface area contributed by atoms with Crippen LogP contribution in [-0.2, 0) is 4.79 Å². The summed E-state index contributed by atoms with van der Waals surface area (Å²) in [6, 6.07) is 11.0. The number of carbonyl (C=O) groups is 2. The number of methoxy groups -OCH3 is 1. The number of hydrogen-bond donors (Lipinski definition) is 2. The number of furan rings is 1. The molecule has 0 aliphatic rings. The molecule has 0 spiro atoms. The van der Waals surface area contributed by atoms with E-state index in [1.807, 2.05) is 43.3 Å². The van der Waals surface area contributed by atoms with Crippen molar-refractivity contribution in [1.29, 1.82) is 0 Å². The van der Waals surface area contributed by atoms with E-state index in [9.17, 15) is 9.59 Å². The maximum atomic E-state index is 12.0. The highest BCUT2D eigenvalue weighted by molar-refractivity contribution is 5.91. The van der Waals surface area contributed by atoms with E-state index in [4.69, 9.17) is 9.15 Å². The zero-order chi connectivity index (χ0) is 18.9. The van der Waals surface area contributed by atoms with Gasteiger partial charge in [0.15, 0.2) is 5.76 Å². The molecular weight excluding hydrogens is 334 g/mol. The maximum Gasteiger partial charge on any atom is 0.286 e. The van der Waals surface area contributed by atoms with Gasteiger partial charge in [0.1, 0.15) is 5.75 Å². The van der Waals surface area contributed by atoms with E-state index in [0.717, 1.165) is 11.3 Å². The maximum absolute atomic E-state index is 12.0. The second kappa shape index (κ2) is 9.62. The molecule has 2 rings (SSSR count). The van der Waals surface area contributed by atoms with E-state index >= 15 is 0 Å². The summed E-state index contributed by atoms with van der Waals surface area (Å²) in [6.45, 7) is 0.727. The summed E-state index contributed by atoms with van der Waals surface area (Å²) in [5, 5.41) is 5.57. The lowest BCUT2D eigenvalue weighted by atomic mass is 10.1. The number of hydrogen-bond acceptors (Lipinski definition) is 5. The molecule has 0 fully saturated rings. The molecule has 0 bridgehead atoms. The largest absolute Gasteiger partial charge is 0.497 e. The summed E-state index contributed by atoms with van der Waals surface area (Å²) in [5.74, 6) is 0.581. The van der Waals surface area contributed by atoms with Crippen molar-refractivity contribution in [3.05, 3.63) is 54.0 Å². The molecule has 0 radical (unpaired) electrons. The molecular formula is C19H25N3O4. The molecule has 0 saturated heterocycles. The zero-order valence-corrected chi connectivity index (χ0v) is 15.3. The molecule has 7 nitrogen and oxygen atoms in total. The van der Waals surface area contributed by atoms with Gasteiger partial charge >= 0.3 is 0 Å². The molecule has 1 atom stereocenters. The summed E-state index contributed by atoms with van der Waals surface area (Å²) < 4.78 is 10.2. The Labute approximate surface area is 153 Å². The number of rotatable bonds is 9. The standard InChI is InChI=1S/C19H25N3O4/c1-22(2)16(14-6-8-15(25-3)9-7-14)13-21-18(23)10-11-20-19(24)17-5-4-12-26-17/h4-9,12,16H,10-11,13H2,1-3H3,(H,20,24)(H,21,23). The minimum absolute atomic E-state index is 0.0440. The van der Waals surface area contributed by atoms with Crippen molar-refractivity contribution in [2.24, 2.45) is 0 Å². The fraction of sp³-hybridized carbons (Fsp3) is 0.368. The van der Waals surface area contributed by atoms with Crippen LogP contribution in [0.3, 0.4) is 0 Å². The van der Waals surface area contributed by atoms with Gasteiger partial charge in [-0.3, -0.25) is 9.59 Å². The number of amides is 2. The van der Waals surface area contributed by atoms with Gasteiger partial charge in [0, 0.05) is 19.5 Å². The minimum Gasteiger partial charge on any atom is -0.497 e. The summed E-state index contributed by atoms with van der Waals surface area (Å²) >= 11 is 0. The van der Waals surface area contributed by atoms with Crippen LogP contribution in [-0.4, -0.2) is 51.0 Å². The van der Waals surface area contributed by atoms with Crippen LogP contribution in [0.1, 0.15) is 28.6 Å². The first-order valence-electron chi connectivity index (χ1n) is 8.40. The molecule has 1 heterocycles. The lowest BCUT2D eigenvalue weighted by molar-refractivity contribution is -0.121. The van der Waals surface area contributed by atoms with Crippen molar-refractivity contribution in [3.8, 4) is 5.75 Å².